The number of carbonyl (C=O) groups excluding carboxylic acids is 1. The molecule has 1 amide bonds. The maximum Gasteiger partial charge on any atom is 0.317 e. The van der Waals surface area contributed by atoms with Gasteiger partial charge in [-0.1, -0.05) is 22.7 Å². The number of nitrogens with one attached hydrogen (secondary N) is 3. The fraction of sp³-hybridized carbons (Fsp3) is 0.500. The van der Waals surface area contributed by atoms with Crippen LogP contribution >= 0.6 is 22.7 Å². The molecule has 8 heterocycles. The number of piperazine rings is 2. The summed E-state index contributed by atoms with van der Waals surface area (Å²) in [5.74, 6) is 2.09. The van der Waals surface area contributed by atoms with Gasteiger partial charge in [-0.3, -0.25) is 19.4 Å². The smallest absolute Gasteiger partial charge is 0.317 e. The van der Waals surface area contributed by atoms with Crippen molar-refractivity contribution in [2.24, 2.45) is 5.73 Å². The second-order valence-electron chi connectivity index (χ2n) is 13.7. The first-order chi connectivity index (χ1) is 28.7. The Hall–Kier alpha value is -5.66. The van der Waals surface area contributed by atoms with E-state index >= 15 is 0 Å². The quantitative estimate of drug-likeness (QED) is 0.141. The molecule has 6 N–H and O–H groups in total. The molecule has 23 heteroatoms. The van der Waals surface area contributed by atoms with E-state index in [1.165, 1.54) is 47.7 Å². The summed E-state index contributed by atoms with van der Waals surface area (Å²) >= 11 is 2.53. The van der Waals surface area contributed by atoms with Crippen molar-refractivity contribution in [3.8, 4) is 12.1 Å². The van der Waals surface area contributed by atoms with Gasteiger partial charge in [-0.2, -0.15) is 10.5 Å². The number of hydrogen-bond acceptors (Lipinski definition) is 21. The van der Waals surface area contributed by atoms with Crippen molar-refractivity contribution in [3.05, 3.63) is 46.9 Å². The molecule has 4 saturated heterocycles. The molecule has 4 fully saturated rings. The van der Waals surface area contributed by atoms with Crippen LogP contribution in [-0.4, -0.2) is 161 Å². The molecule has 8 rings (SSSR count). The third-order valence-corrected chi connectivity index (χ3v) is 11.0. The number of rotatable bonds is 11. The van der Waals surface area contributed by atoms with Crippen molar-refractivity contribution < 1.29 is 24.2 Å². The van der Waals surface area contributed by atoms with E-state index in [0.717, 1.165) is 70.5 Å². The first-order valence-electron chi connectivity index (χ1n) is 19.0. The minimum atomic E-state index is -0.808. The molecule has 0 saturated carbocycles. The molecule has 4 aromatic rings. The number of ether oxygens (including phenoxy) is 2. The van der Waals surface area contributed by atoms with Gasteiger partial charge < -0.3 is 46.1 Å². The number of amides is 1. The molecule has 4 aliphatic rings. The second kappa shape index (κ2) is 21.9. The first-order valence-corrected chi connectivity index (χ1v) is 20.6. The Morgan fingerprint density at radius 3 is 1.66 bits per heavy atom. The number of nitrogens with two attached hydrogens (primary N) is 1. The average molecular weight is 847 g/mol. The largest absolute Gasteiger partial charge is 0.480 e. The predicted octanol–water partition coefficient (Wildman–Crippen LogP) is 1.06. The van der Waals surface area contributed by atoms with Gasteiger partial charge in [0.05, 0.1) is 44.7 Å². The Morgan fingerprint density at radius 1 is 0.746 bits per heavy atom. The van der Waals surface area contributed by atoms with Crippen LogP contribution in [0, 0.1) is 22.7 Å². The van der Waals surface area contributed by atoms with Gasteiger partial charge >= 0.3 is 5.97 Å². The standard InChI is InChI=1S/C18H22N8O2S.C14H15N7O2S.C4H9NO/c19-8-14-9-20-18(29-14)24-15-7-16(22-12-21-15)26-4-2-25(3-5-26)10-17(27)23-13-1-6-28-11-13;15-6-10-7-16-14(24-10)19-11-5-12(18-9-17-11)21-3-1-20(2-4-21)8-13(22)23;5-4-1-2-6-3-4/h7,9,12-13H,1-6,10-11H2,(H,23,27)(H,20,21,22,24);5,7,9H,1-4,8H2,(H,22,23)(H,16,17,18,19);4H,1-3,5H2. The van der Waals surface area contributed by atoms with Crippen molar-refractivity contribution in [1.82, 2.24) is 45.0 Å². The molecule has 4 aliphatic heterocycles. The van der Waals surface area contributed by atoms with Gasteiger partial charge in [-0.05, 0) is 12.8 Å². The minimum Gasteiger partial charge on any atom is -0.480 e. The summed E-state index contributed by atoms with van der Waals surface area (Å²) in [5, 5.41) is 37.0. The van der Waals surface area contributed by atoms with Crippen molar-refractivity contribution in [1.29, 1.82) is 10.5 Å². The molecule has 0 radical (unpaired) electrons. The molecular weight excluding hydrogens is 801 g/mol. The van der Waals surface area contributed by atoms with E-state index in [9.17, 15) is 9.59 Å². The number of thiazole rings is 2. The summed E-state index contributed by atoms with van der Waals surface area (Å²) in [5.41, 5.74) is 5.41. The number of hydrogen-bond donors (Lipinski definition) is 5. The zero-order valence-corrected chi connectivity index (χ0v) is 33.9. The summed E-state index contributed by atoms with van der Waals surface area (Å²) < 4.78 is 10.2. The molecule has 4 aromatic heterocycles. The van der Waals surface area contributed by atoms with Gasteiger partial charge in [0.25, 0.3) is 0 Å². The van der Waals surface area contributed by atoms with Crippen LogP contribution in [0.15, 0.2) is 37.2 Å². The number of anilines is 6. The van der Waals surface area contributed by atoms with Crippen molar-refractivity contribution in [3.63, 3.8) is 0 Å². The van der Waals surface area contributed by atoms with Crippen LogP contribution in [0.2, 0.25) is 0 Å². The molecular formula is C36H46N16O5S2. The molecule has 2 unspecified atom stereocenters. The Bertz CT molecular complexity index is 2050. The summed E-state index contributed by atoms with van der Waals surface area (Å²) in [7, 11) is 0. The maximum absolute atomic E-state index is 12.2. The van der Waals surface area contributed by atoms with E-state index in [2.05, 4.69) is 66.6 Å². The number of carboxylic acid groups (broad SMARTS) is 1. The van der Waals surface area contributed by atoms with E-state index in [4.69, 9.17) is 30.8 Å². The lowest BCUT2D eigenvalue weighted by Gasteiger charge is -2.35. The zero-order valence-electron chi connectivity index (χ0n) is 32.3. The average Bonchev–Trinajstić information content (AvgIpc) is 4.10. The lowest BCUT2D eigenvalue weighted by atomic mass is 10.2. The van der Waals surface area contributed by atoms with Gasteiger partial charge in [-0.15, -0.1) is 0 Å². The monoisotopic (exact) mass is 846 g/mol. The van der Waals surface area contributed by atoms with E-state index in [-0.39, 0.29) is 18.5 Å². The Kier molecular flexibility index (Phi) is 15.9. The van der Waals surface area contributed by atoms with E-state index in [1.807, 2.05) is 23.1 Å². The van der Waals surface area contributed by atoms with Crippen LogP contribution in [0.3, 0.4) is 0 Å². The molecule has 59 heavy (non-hydrogen) atoms. The first kappa shape index (κ1) is 42.9. The van der Waals surface area contributed by atoms with Crippen LogP contribution in [0.4, 0.5) is 33.5 Å². The third-order valence-electron chi connectivity index (χ3n) is 9.39. The zero-order chi connectivity index (χ0) is 41.4. The second-order valence-corrected chi connectivity index (χ2v) is 15.8. The van der Waals surface area contributed by atoms with Crippen LogP contribution < -0.4 is 31.5 Å². The van der Waals surface area contributed by atoms with Crippen LogP contribution in [0.1, 0.15) is 22.6 Å². The molecule has 0 spiro atoms. The highest BCUT2D eigenvalue weighted by molar-refractivity contribution is 7.16. The third kappa shape index (κ3) is 13.7. The highest BCUT2D eigenvalue weighted by Crippen LogP contribution is 2.24. The molecule has 312 valence electrons. The number of carbonyl (C=O) groups is 2. The van der Waals surface area contributed by atoms with Gasteiger partial charge in [0.2, 0.25) is 5.91 Å². The minimum absolute atomic E-state index is 0.0580. The number of carboxylic acids is 1. The van der Waals surface area contributed by atoms with Crippen molar-refractivity contribution >= 4 is 68.1 Å². The fourth-order valence-corrected chi connectivity index (χ4v) is 7.54. The summed E-state index contributed by atoms with van der Waals surface area (Å²) in [6, 6.07) is 8.28. The van der Waals surface area contributed by atoms with Crippen LogP contribution in [0.5, 0.6) is 0 Å². The summed E-state index contributed by atoms with van der Waals surface area (Å²) in [4.78, 5) is 57.6. The van der Waals surface area contributed by atoms with Crippen LogP contribution in [-0.2, 0) is 19.1 Å². The Morgan fingerprint density at radius 2 is 1.25 bits per heavy atom. The van der Waals surface area contributed by atoms with Gasteiger partial charge in [-0.25, -0.2) is 29.9 Å². The molecule has 2 atom stereocenters. The molecule has 0 aliphatic carbocycles. The Labute approximate surface area is 348 Å². The molecule has 21 nitrogen and oxygen atoms in total. The predicted molar refractivity (Wildman–Crippen MR) is 220 cm³/mol. The molecule has 0 aromatic carbocycles. The number of nitriles is 2. The van der Waals surface area contributed by atoms with E-state index in [1.54, 1.807) is 0 Å². The Balaban J connectivity index is 0.000000176. The van der Waals surface area contributed by atoms with Gasteiger partial charge in [0.15, 0.2) is 10.3 Å². The summed E-state index contributed by atoms with van der Waals surface area (Å²) in [6.45, 7) is 9.36. The lowest BCUT2D eigenvalue weighted by Crippen LogP contribution is -2.50. The summed E-state index contributed by atoms with van der Waals surface area (Å²) in [6.07, 6.45) is 7.96. The normalized spacial score (nSPS) is 19.3. The molecule has 0 bridgehead atoms. The van der Waals surface area contributed by atoms with Crippen LogP contribution in [0.25, 0.3) is 0 Å². The highest BCUT2D eigenvalue weighted by Gasteiger charge is 2.24. The lowest BCUT2D eigenvalue weighted by molar-refractivity contribution is -0.138. The topological polar surface area (TPSA) is 273 Å². The number of aromatic nitrogens is 6. The SMILES string of the molecule is N#Cc1cnc(Nc2cc(N3CCN(CC(=O)NC4CCOC4)CC3)ncn2)s1.N#Cc1cnc(Nc2cc(N3CCN(CC(=O)O)CC3)ncn2)s1.NC1CCOC1. The highest BCUT2D eigenvalue weighted by atomic mass is 32.1. The van der Waals surface area contributed by atoms with Crippen molar-refractivity contribution in [2.75, 3.05) is 112 Å². The van der Waals surface area contributed by atoms with E-state index < -0.39 is 5.97 Å². The number of aliphatic carboxylic acids is 1. The van der Waals surface area contributed by atoms with E-state index in [0.29, 0.717) is 77.0 Å². The number of nitrogens with zero attached hydrogens (tertiary/aromatic N) is 12. The maximum atomic E-state index is 12.2. The van der Waals surface area contributed by atoms with Crippen molar-refractivity contribution in [2.45, 2.75) is 24.9 Å². The fourth-order valence-electron chi connectivity index (χ4n) is 6.30. The van der Waals surface area contributed by atoms with Gasteiger partial charge in [0.1, 0.15) is 57.8 Å². The van der Waals surface area contributed by atoms with Gasteiger partial charge in [0, 0.05) is 83.7 Å².